The molecule has 4 heterocycles. The fourth-order valence-electron chi connectivity index (χ4n) is 6.05. The highest BCUT2D eigenvalue weighted by Crippen LogP contribution is 2.35. The lowest BCUT2D eigenvalue weighted by atomic mass is 9.95. The zero-order chi connectivity index (χ0) is 27.3. The van der Waals surface area contributed by atoms with Crippen molar-refractivity contribution in [1.82, 2.24) is 30.0 Å². The molecule has 39 heavy (non-hydrogen) atoms. The Morgan fingerprint density at radius 1 is 1.23 bits per heavy atom. The molecule has 6 rings (SSSR count). The van der Waals surface area contributed by atoms with E-state index < -0.39 is 5.82 Å². The van der Waals surface area contributed by atoms with Crippen LogP contribution >= 0.6 is 0 Å². The molecule has 0 radical (unpaired) electrons. The Kier molecular flexibility index (Phi) is 6.60. The number of nitrogens with one attached hydrogen (secondary N) is 2. The van der Waals surface area contributed by atoms with Crippen molar-refractivity contribution in [3.63, 3.8) is 0 Å². The number of aromatic hydroxyl groups is 1. The number of carbonyl (C=O) groups excluding carboxylic acids is 1. The second-order valence-electron chi connectivity index (χ2n) is 10.6. The van der Waals surface area contributed by atoms with Crippen LogP contribution in [0.1, 0.15) is 36.7 Å². The van der Waals surface area contributed by atoms with Crippen LogP contribution in [0.5, 0.6) is 5.75 Å². The first kappa shape index (κ1) is 25.5. The third-order valence-corrected chi connectivity index (χ3v) is 8.27. The first-order chi connectivity index (χ1) is 18.9. The lowest BCUT2D eigenvalue weighted by Gasteiger charge is -2.42. The molecule has 0 spiro atoms. The number of ether oxygens (including phenoxy) is 1. The number of piperidine rings is 1. The summed E-state index contributed by atoms with van der Waals surface area (Å²) in [6.45, 7) is 4.59. The van der Waals surface area contributed by atoms with Crippen LogP contribution in [0.25, 0.3) is 33.5 Å². The molecule has 10 heteroatoms. The number of hydrogen-bond donors (Lipinski definition) is 3. The average Bonchev–Trinajstić information content (AvgIpc) is 3.56. The van der Waals surface area contributed by atoms with Crippen molar-refractivity contribution >= 4 is 16.9 Å². The molecule has 204 valence electrons. The lowest BCUT2D eigenvalue weighted by Crippen LogP contribution is -2.53. The van der Waals surface area contributed by atoms with Gasteiger partial charge in [0, 0.05) is 24.4 Å². The third kappa shape index (κ3) is 4.57. The molecule has 0 saturated carbocycles. The molecule has 2 aromatic carbocycles. The number of fused-ring (bicyclic) bond motifs is 2. The number of hydrogen-bond acceptors (Lipinski definition) is 7. The summed E-state index contributed by atoms with van der Waals surface area (Å²) in [5, 5.41) is 18.4. The minimum Gasteiger partial charge on any atom is -0.505 e. The first-order valence-corrected chi connectivity index (χ1v) is 13.5. The van der Waals surface area contributed by atoms with Crippen LogP contribution in [-0.2, 0) is 28.9 Å². The van der Waals surface area contributed by atoms with Crippen molar-refractivity contribution in [2.24, 2.45) is 0 Å². The van der Waals surface area contributed by atoms with Crippen molar-refractivity contribution in [3.05, 3.63) is 53.1 Å². The molecule has 1 unspecified atom stereocenters. The van der Waals surface area contributed by atoms with Crippen LogP contribution in [-0.4, -0.2) is 80.4 Å². The summed E-state index contributed by atoms with van der Waals surface area (Å²) in [7, 11) is 3.58. The van der Waals surface area contributed by atoms with E-state index >= 15 is 0 Å². The zero-order valence-corrected chi connectivity index (χ0v) is 22.4. The fourth-order valence-corrected chi connectivity index (χ4v) is 6.05. The second kappa shape index (κ2) is 10.1. The number of aryl methyl sites for hydroxylation is 1. The topological polar surface area (TPSA) is 110 Å². The number of aromatic amines is 2. The van der Waals surface area contributed by atoms with E-state index in [0.29, 0.717) is 36.9 Å². The molecule has 2 aliphatic heterocycles. The van der Waals surface area contributed by atoms with Gasteiger partial charge in [-0.15, -0.1) is 0 Å². The quantitative estimate of drug-likeness (QED) is 0.333. The number of phenols is 1. The van der Waals surface area contributed by atoms with E-state index in [1.165, 1.54) is 19.2 Å². The minimum absolute atomic E-state index is 0.223. The van der Waals surface area contributed by atoms with Gasteiger partial charge in [0.15, 0.2) is 17.4 Å². The molecule has 1 saturated heterocycles. The normalized spacial score (nSPS) is 18.9. The number of H-pyrrole nitrogens is 2. The molecule has 9 nitrogen and oxygen atoms in total. The molecule has 2 aromatic heterocycles. The standard InChI is InChI=1S/C29H33FN6O3/c1-4-16-12-26(37)21(30)13-20(16)17-5-6-19-22(11-17)33-34-27(19)28-31-23-14-25(29(38)39-3)36(15-24(23)32-28)18-7-9-35(2)10-8-18/h5-6,11-13,18,25,37H,4,7-10,14-15H2,1-3H3,(H,31,32)(H,33,34). The molecule has 0 aliphatic carbocycles. The Balaban J connectivity index is 1.32. The Morgan fingerprint density at radius 3 is 2.77 bits per heavy atom. The van der Waals surface area contributed by atoms with Crippen LogP contribution in [0.4, 0.5) is 4.39 Å². The molecule has 3 N–H and O–H groups in total. The summed E-state index contributed by atoms with van der Waals surface area (Å²) in [6, 6.07) is 8.64. The zero-order valence-electron chi connectivity index (χ0n) is 22.4. The number of carbonyl (C=O) groups is 1. The predicted octanol–water partition coefficient (Wildman–Crippen LogP) is 4.02. The van der Waals surface area contributed by atoms with Crippen LogP contribution < -0.4 is 0 Å². The number of aromatic nitrogens is 4. The lowest BCUT2D eigenvalue weighted by molar-refractivity contribution is -0.149. The van der Waals surface area contributed by atoms with Crippen LogP contribution in [0.15, 0.2) is 30.3 Å². The number of phenolic OH excluding ortho intramolecular Hbond substituents is 1. The Bertz CT molecular complexity index is 1540. The summed E-state index contributed by atoms with van der Waals surface area (Å²) < 4.78 is 19.4. The highest BCUT2D eigenvalue weighted by atomic mass is 19.1. The monoisotopic (exact) mass is 532 g/mol. The number of rotatable bonds is 5. The summed E-state index contributed by atoms with van der Waals surface area (Å²) in [5.41, 5.74) is 5.80. The summed E-state index contributed by atoms with van der Waals surface area (Å²) in [6.07, 6.45) is 3.17. The van der Waals surface area contributed by atoms with Gasteiger partial charge in [0.2, 0.25) is 0 Å². The maximum atomic E-state index is 14.2. The van der Waals surface area contributed by atoms with Gasteiger partial charge in [0.05, 0.1) is 24.0 Å². The van der Waals surface area contributed by atoms with Crippen LogP contribution in [0.2, 0.25) is 0 Å². The molecular formula is C29H33FN6O3. The average molecular weight is 533 g/mol. The van der Waals surface area contributed by atoms with E-state index in [9.17, 15) is 14.3 Å². The summed E-state index contributed by atoms with van der Waals surface area (Å²) in [4.78, 5) is 25.7. The first-order valence-electron chi connectivity index (χ1n) is 13.5. The molecule has 2 aliphatic rings. The smallest absolute Gasteiger partial charge is 0.323 e. The molecule has 0 bridgehead atoms. The van der Waals surface area contributed by atoms with Gasteiger partial charge in [-0.2, -0.15) is 5.10 Å². The number of imidazole rings is 1. The third-order valence-electron chi connectivity index (χ3n) is 8.27. The van der Waals surface area contributed by atoms with Gasteiger partial charge in [-0.1, -0.05) is 13.0 Å². The maximum Gasteiger partial charge on any atom is 0.323 e. The molecule has 1 atom stereocenters. The number of esters is 1. The van der Waals surface area contributed by atoms with E-state index in [0.717, 1.165) is 64.9 Å². The van der Waals surface area contributed by atoms with E-state index in [4.69, 9.17) is 9.72 Å². The van der Waals surface area contributed by atoms with Crippen LogP contribution in [0, 0.1) is 5.82 Å². The SMILES string of the molecule is CCc1cc(O)c(F)cc1-c1ccc2c(-c3nc4c([nH]3)CN(C3CCN(C)CC3)C(C(=O)OC)C4)n[nH]c2c1. The second-order valence-corrected chi connectivity index (χ2v) is 10.6. The van der Waals surface area contributed by atoms with Gasteiger partial charge in [-0.25, -0.2) is 9.37 Å². The van der Waals surface area contributed by atoms with Crippen molar-refractivity contribution in [2.45, 2.75) is 51.2 Å². The van der Waals surface area contributed by atoms with Gasteiger partial charge < -0.3 is 19.7 Å². The highest BCUT2D eigenvalue weighted by Gasteiger charge is 2.39. The molecule has 0 amide bonds. The predicted molar refractivity (Wildman–Crippen MR) is 146 cm³/mol. The maximum absolute atomic E-state index is 14.2. The number of halogens is 1. The molecule has 1 fully saturated rings. The van der Waals surface area contributed by atoms with Gasteiger partial charge in [-0.3, -0.25) is 14.8 Å². The summed E-state index contributed by atoms with van der Waals surface area (Å²) in [5.74, 6) is -0.559. The van der Waals surface area contributed by atoms with E-state index in [1.807, 2.05) is 25.1 Å². The number of likely N-dealkylation sites (tertiary alicyclic amines) is 1. The number of nitrogens with zero attached hydrogens (tertiary/aromatic N) is 4. The van der Waals surface area contributed by atoms with Crippen LogP contribution in [0.3, 0.4) is 0 Å². The highest BCUT2D eigenvalue weighted by molar-refractivity contribution is 5.94. The van der Waals surface area contributed by atoms with Crippen molar-refractivity contribution in [1.29, 1.82) is 0 Å². The van der Waals surface area contributed by atoms with Crippen molar-refractivity contribution in [3.8, 4) is 28.4 Å². The van der Waals surface area contributed by atoms with Gasteiger partial charge in [0.25, 0.3) is 0 Å². The molecular weight excluding hydrogens is 499 g/mol. The minimum atomic E-state index is -0.645. The van der Waals surface area contributed by atoms with E-state index in [-0.39, 0.29) is 17.8 Å². The van der Waals surface area contributed by atoms with Crippen molar-refractivity contribution in [2.75, 3.05) is 27.2 Å². The van der Waals surface area contributed by atoms with E-state index in [2.05, 4.69) is 32.0 Å². The van der Waals surface area contributed by atoms with Gasteiger partial charge in [0.1, 0.15) is 11.7 Å². The number of benzene rings is 2. The van der Waals surface area contributed by atoms with Crippen molar-refractivity contribution < 1.29 is 19.0 Å². The molecule has 4 aromatic rings. The largest absolute Gasteiger partial charge is 0.505 e. The Morgan fingerprint density at radius 2 is 2.03 bits per heavy atom. The Hall–Kier alpha value is -3.76. The summed E-state index contributed by atoms with van der Waals surface area (Å²) >= 11 is 0. The van der Waals surface area contributed by atoms with E-state index in [1.54, 1.807) is 0 Å². The van der Waals surface area contributed by atoms with Gasteiger partial charge in [-0.05, 0) is 80.4 Å². The Labute approximate surface area is 226 Å². The van der Waals surface area contributed by atoms with Gasteiger partial charge >= 0.3 is 5.97 Å². The number of methoxy groups -OCH3 is 1. The fraction of sp³-hybridized carbons (Fsp3) is 0.414.